The number of terminal acetylenes is 1. The number of nitrogens with one attached hydrogen (secondary N) is 2. The summed E-state index contributed by atoms with van der Waals surface area (Å²) in [5.41, 5.74) is 4.58. The number of H-pyrrole nitrogens is 1. The molecule has 0 radical (unpaired) electrons. The first kappa shape index (κ1) is 10.9. The van der Waals surface area contributed by atoms with Crippen LogP contribution < -0.4 is 22.3 Å². The highest BCUT2D eigenvalue weighted by molar-refractivity contribution is 5.61. The van der Waals surface area contributed by atoms with Crippen LogP contribution in [0.3, 0.4) is 0 Å². The molecule has 4 N–H and O–H groups in total. The molecule has 15 heavy (non-hydrogen) atoms. The van der Waals surface area contributed by atoms with Crippen LogP contribution in [-0.2, 0) is 7.05 Å². The monoisotopic (exact) mass is 208 g/mol. The van der Waals surface area contributed by atoms with Crippen LogP contribution in [0.25, 0.3) is 0 Å². The number of anilines is 2. The van der Waals surface area contributed by atoms with Crippen molar-refractivity contribution in [3.05, 3.63) is 20.8 Å². The molecule has 0 aliphatic heterocycles. The summed E-state index contributed by atoms with van der Waals surface area (Å²) in [6.07, 6.45) is 5.15. The average molecular weight is 208 g/mol. The van der Waals surface area contributed by atoms with Gasteiger partial charge in [0.25, 0.3) is 5.56 Å². The maximum Gasteiger partial charge on any atom is 0.329 e. The summed E-state index contributed by atoms with van der Waals surface area (Å²) in [6.45, 7) is 1.70. The molecule has 0 aliphatic rings. The van der Waals surface area contributed by atoms with Gasteiger partial charge < -0.3 is 11.1 Å². The van der Waals surface area contributed by atoms with Gasteiger partial charge in [-0.2, -0.15) is 0 Å². The summed E-state index contributed by atoms with van der Waals surface area (Å²) in [7, 11) is 1.46. The number of rotatable bonds is 2. The Hall–Kier alpha value is -2.16. The Balaban J connectivity index is 3.32. The molecule has 0 saturated heterocycles. The van der Waals surface area contributed by atoms with Crippen molar-refractivity contribution < 1.29 is 0 Å². The highest BCUT2D eigenvalue weighted by atomic mass is 16.2. The van der Waals surface area contributed by atoms with E-state index in [2.05, 4.69) is 16.2 Å². The molecule has 6 nitrogen and oxygen atoms in total. The van der Waals surface area contributed by atoms with Crippen molar-refractivity contribution in [2.24, 2.45) is 7.05 Å². The molecule has 0 aromatic carbocycles. The van der Waals surface area contributed by atoms with Gasteiger partial charge in [0.15, 0.2) is 0 Å². The number of nitrogen functional groups attached to an aromatic ring is 1. The molecular formula is C9H12N4O2. The third kappa shape index (κ3) is 2.02. The zero-order valence-electron chi connectivity index (χ0n) is 8.50. The van der Waals surface area contributed by atoms with E-state index in [0.717, 1.165) is 4.57 Å². The highest BCUT2D eigenvalue weighted by Crippen LogP contribution is 2.09. The molecule has 1 aromatic rings. The summed E-state index contributed by atoms with van der Waals surface area (Å²) in [5, 5.41) is 2.73. The van der Waals surface area contributed by atoms with Gasteiger partial charge >= 0.3 is 5.69 Å². The lowest BCUT2D eigenvalue weighted by molar-refractivity contribution is 0.810. The SMILES string of the molecule is C#CC(C)Nc1c(N)n(C)c(=O)[nH]c1=O. The first-order valence-electron chi connectivity index (χ1n) is 4.28. The molecule has 0 spiro atoms. The molecule has 0 saturated carbocycles. The molecule has 6 heteroatoms. The molecule has 80 valence electrons. The number of nitrogens with two attached hydrogens (primary N) is 1. The van der Waals surface area contributed by atoms with Gasteiger partial charge in [-0.3, -0.25) is 14.3 Å². The maximum atomic E-state index is 11.4. The second-order valence-corrected chi connectivity index (χ2v) is 3.11. The molecule has 1 rings (SSSR count). The molecule has 0 bridgehead atoms. The summed E-state index contributed by atoms with van der Waals surface area (Å²) in [6, 6.07) is -0.342. The Bertz CT molecular complexity index is 520. The Kier molecular flexibility index (Phi) is 2.85. The lowest BCUT2D eigenvalue weighted by Crippen LogP contribution is -2.33. The molecule has 1 heterocycles. The van der Waals surface area contributed by atoms with Gasteiger partial charge in [-0.1, -0.05) is 5.92 Å². The first-order chi connectivity index (χ1) is 6.97. The van der Waals surface area contributed by atoms with Crippen molar-refractivity contribution in [2.75, 3.05) is 11.1 Å². The minimum absolute atomic E-state index is 0.0610. The molecule has 1 atom stereocenters. The van der Waals surface area contributed by atoms with E-state index in [4.69, 9.17) is 12.2 Å². The van der Waals surface area contributed by atoms with Crippen LogP contribution in [0.1, 0.15) is 6.92 Å². The largest absolute Gasteiger partial charge is 0.383 e. The van der Waals surface area contributed by atoms with Gasteiger partial charge in [-0.05, 0) is 6.92 Å². The van der Waals surface area contributed by atoms with Gasteiger partial charge in [-0.15, -0.1) is 6.42 Å². The van der Waals surface area contributed by atoms with Crippen LogP contribution >= 0.6 is 0 Å². The van der Waals surface area contributed by atoms with E-state index < -0.39 is 11.2 Å². The fourth-order valence-corrected chi connectivity index (χ4v) is 1.03. The normalized spacial score (nSPS) is 11.8. The van der Waals surface area contributed by atoms with Crippen molar-refractivity contribution >= 4 is 11.5 Å². The van der Waals surface area contributed by atoms with Crippen LogP contribution in [-0.4, -0.2) is 15.6 Å². The van der Waals surface area contributed by atoms with Gasteiger partial charge in [0.2, 0.25) is 0 Å². The maximum absolute atomic E-state index is 11.4. The van der Waals surface area contributed by atoms with Gasteiger partial charge in [-0.25, -0.2) is 4.79 Å². The standard InChI is InChI=1S/C9H12N4O2/c1-4-5(2)11-6-7(10)13(3)9(15)12-8(6)14/h1,5,11H,10H2,2-3H3,(H,12,14,15). The zero-order valence-corrected chi connectivity index (χ0v) is 8.50. The van der Waals surface area contributed by atoms with Gasteiger partial charge in [0.1, 0.15) is 11.5 Å². The van der Waals surface area contributed by atoms with Crippen LogP contribution in [0.15, 0.2) is 9.59 Å². The number of nitrogens with zero attached hydrogens (tertiary/aromatic N) is 1. The third-order valence-electron chi connectivity index (χ3n) is 1.98. The number of aromatic nitrogens is 2. The van der Waals surface area contributed by atoms with Crippen molar-refractivity contribution in [1.29, 1.82) is 0 Å². The topological polar surface area (TPSA) is 92.9 Å². The second-order valence-electron chi connectivity index (χ2n) is 3.11. The van der Waals surface area contributed by atoms with Crippen LogP contribution in [0, 0.1) is 12.3 Å². The molecule has 0 amide bonds. The lowest BCUT2D eigenvalue weighted by Gasteiger charge is -2.12. The van der Waals surface area contributed by atoms with E-state index in [1.807, 2.05) is 0 Å². The second kappa shape index (κ2) is 3.92. The Morgan fingerprint density at radius 1 is 1.60 bits per heavy atom. The number of hydrogen-bond donors (Lipinski definition) is 3. The Morgan fingerprint density at radius 2 is 2.20 bits per heavy atom. The van der Waals surface area contributed by atoms with E-state index in [-0.39, 0.29) is 17.5 Å². The van der Waals surface area contributed by atoms with Crippen LogP contribution in [0.5, 0.6) is 0 Å². The summed E-state index contributed by atoms with van der Waals surface area (Å²) in [5.74, 6) is 2.46. The smallest absolute Gasteiger partial charge is 0.329 e. The Morgan fingerprint density at radius 3 is 2.73 bits per heavy atom. The third-order valence-corrected chi connectivity index (χ3v) is 1.98. The summed E-state index contributed by atoms with van der Waals surface area (Å²) in [4.78, 5) is 24.6. The molecule has 0 aliphatic carbocycles. The fraction of sp³-hybridized carbons (Fsp3) is 0.333. The quantitative estimate of drug-likeness (QED) is 0.548. The number of hydrogen-bond acceptors (Lipinski definition) is 4. The van der Waals surface area contributed by atoms with Crippen molar-refractivity contribution in [2.45, 2.75) is 13.0 Å². The van der Waals surface area contributed by atoms with E-state index in [9.17, 15) is 9.59 Å². The predicted octanol–water partition coefficient (Wildman–Crippen LogP) is -0.911. The molecule has 0 fully saturated rings. The fourth-order valence-electron chi connectivity index (χ4n) is 1.03. The highest BCUT2D eigenvalue weighted by Gasteiger charge is 2.10. The van der Waals surface area contributed by atoms with E-state index in [0.29, 0.717) is 0 Å². The van der Waals surface area contributed by atoms with E-state index >= 15 is 0 Å². The molecule has 1 unspecified atom stereocenters. The van der Waals surface area contributed by atoms with Crippen molar-refractivity contribution in [1.82, 2.24) is 9.55 Å². The van der Waals surface area contributed by atoms with Gasteiger partial charge in [0.05, 0.1) is 6.04 Å². The lowest BCUT2D eigenvalue weighted by atomic mass is 10.3. The Labute approximate surface area is 86.1 Å². The van der Waals surface area contributed by atoms with Crippen LogP contribution in [0.4, 0.5) is 11.5 Å². The van der Waals surface area contributed by atoms with Crippen molar-refractivity contribution in [3.8, 4) is 12.3 Å². The van der Waals surface area contributed by atoms with E-state index in [1.165, 1.54) is 7.05 Å². The minimum atomic E-state index is -0.572. The van der Waals surface area contributed by atoms with Crippen molar-refractivity contribution in [3.63, 3.8) is 0 Å². The molecule has 1 aromatic heterocycles. The minimum Gasteiger partial charge on any atom is -0.383 e. The average Bonchev–Trinajstić information content (AvgIpc) is 2.21. The predicted molar refractivity (Wildman–Crippen MR) is 58.6 cm³/mol. The first-order valence-corrected chi connectivity index (χ1v) is 4.28. The summed E-state index contributed by atoms with van der Waals surface area (Å²) >= 11 is 0. The van der Waals surface area contributed by atoms with Crippen LogP contribution in [0.2, 0.25) is 0 Å². The van der Waals surface area contributed by atoms with Gasteiger partial charge in [0, 0.05) is 7.05 Å². The van der Waals surface area contributed by atoms with E-state index in [1.54, 1.807) is 6.92 Å². The zero-order chi connectivity index (χ0) is 11.6. The number of aromatic amines is 1. The molecular weight excluding hydrogens is 196 g/mol. The summed E-state index contributed by atoms with van der Waals surface area (Å²) < 4.78 is 1.13.